The van der Waals surface area contributed by atoms with Crippen LogP contribution in [0.1, 0.15) is 52.3 Å². The number of aliphatic hydroxyl groups is 1. The topological polar surface area (TPSA) is 149 Å². The van der Waals surface area contributed by atoms with E-state index in [1.165, 1.54) is 30.3 Å². The average Bonchev–Trinajstić information content (AvgIpc) is 3.48. The number of carbonyl (C=O) groups excluding carboxylic acids is 3. The molecule has 0 bridgehead atoms. The van der Waals surface area contributed by atoms with Crippen molar-refractivity contribution in [3.05, 3.63) is 98.6 Å². The largest absolute Gasteiger partial charge is 0.507 e. The molecule has 0 saturated carbocycles. The van der Waals surface area contributed by atoms with Gasteiger partial charge in [0.1, 0.15) is 23.0 Å². The third kappa shape index (κ3) is 6.02. The van der Waals surface area contributed by atoms with Gasteiger partial charge in [-0.25, -0.2) is 9.78 Å². The third-order valence-corrected chi connectivity index (χ3v) is 7.40. The lowest BCUT2D eigenvalue weighted by Gasteiger charge is -2.23. The highest BCUT2D eigenvalue weighted by molar-refractivity contribution is 7.17. The van der Waals surface area contributed by atoms with Crippen LogP contribution < -0.4 is 9.64 Å². The van der Waals surface area contributed by atoms with Crippen molar-refractivity contribution < 1.29 is 33.9 Å². The van der Waals surface area contributed by atoms with Gasteiger partial charge in [-0.15, -0.1) is 0 Å². The number of non-ortho nitro benzene ring substituents is 1. The summed E-state index contributed by atoms with van der Waals surface area (Å²) < 4.78 is 10.8. The van der Waals surface area contributed by atoms with Gasteiger partial charge in [0.15, 0.2) is 5.13 Å². The molecule has 1 N–H and O–H groups in total. The lowest BCUT2D eigenvalue weighted by molar-refractivity contribution is -0.384. The van der Waals surface area contributed by atoms with Gasteiger partial charge in [0.05, 0.1) is 28.8 Å². The number of esters is 1. The Hall–Kier alpha value is -4.84. The summed E-state index contributed by atoms with van der Waals surface area (Å²) in [4.78, 5) is 55.6. The van der Waals surface area contributed by atoms with Crippen LogP contribution in [0.3, 0.4) is 0 Å². The molecular formula is C29H27N3O8S. The standard InChI is InChI=1S/C29H27N3O8S/c1-4-6-16-39-21-13-9-19(10-14-21)24(33)22-23(18-7-11-20(12-8-18)32(37)38)31(27(35)25(22)34)29-30-17(3)26(41-29)28(36)40-15-5-2/h5,7-14,23,33H,2,4,6,15-16H2,1,3H3/b24-22-. The van der Waals surface area contributed by atoms with Gasteiger partial charge in [0.2, 0.25) is 0 Å². The van der Waals surface area contributed by atoms with Crippen molar-refractivity contribution in [1.29, 1.82) is 0 Å². The van der Waals surface area contributed by atoms with Crippen LogP contribution in [-0.4, -0.2) is 45.9 Å². The number of nitro benzene ring substituents is 1. The van der Waals surface area contributed by atoms with Crippen molar-refractivity contribution in [2.45, 2.75) is 32.7 Å². The molecule has 41 heavy (non-hydrogen) atoms. The maximum absolute atomic E-state index is 13.4. The molecule has 2 aromatic carbocycles. The van der Waals surface area contributed by atoms with Crippen LogP contribution in [0.2, 0.25) is 0 Å². The van der Waals surface area contributed by atoms with Gasteiger partial charge in [-0.1, -0.05) is 37.3 Å². The predicted octanol–water partition coefficient (Wildman–Crippen LogP) is 5.51. The highest BCUT2D eigenvalue weighted by Gasteiger charge is 2.48. The molecule has 1 aromatic heterocycles. The van der Waals surface area contributed by atoms with Crippen molar-refractivity contribution in [2.24, 2.45) is 0 Å². The number of hydrogen-bond acceptors (Lipinski definition) is 10. The molecule has 1 atom stereocenters. The zero-order valence-electron chi connectivity index (χ0n) is 22.4. The summed E-state index contributed by atoms with van der Waals surface area (Å²) in [5.74, 6) is -2.48. The van der Waals surface area contributed by atoms with Crippen LogP contribution in [0.5, 0.6) is 5.75 Å². The molecule has 1 aliphatic heterocycles. The normalized spacial score (nSPS) is 16.0. The van der Waals surface area contributed by atoms with Crippen LogP contribution in [-0.2, 0) is 14.3 Å². The first-order valence-electron chi connectivity index (χ1n) is 12.7. The fraction of sp³-hybridized carbons (Fsp3) is 0.241. The van der Waals surface area contributed by atoms with Crippen LogP contribution in [0.15, 0.2) is 66.8 Å². The van der Waals surface area contributed by atoms with E-state index in [0.29, 0.717) is 17.9 Å². The molecule has 0 spiro atoms. The Bertz CT molecular complexity index is 1530. The quantitative estimate of drug-likeness (QED) is 0.0455. The third-order valence-electron chi connectivity index (χ3n) is 6.27. The Balaban J connectivity index is 1.81. The number of ether oxygens (including phenoxy) is 2. The predicted molar refractivity (Wildman–Crippen MR) is 152 cm³/mol. The summed E-state index contributed by atoms with van der Waals surface area (Å²) in [5, 5.41) is 22.6. The lowest BCUT2D eigenvalue weighted by atomic mass is 9.95. The molecule has 12 heteroatoms. The number of aromatic nitrogens is 1. The minimum Gasteiger partial charge on any atom is -0.507 e. The Morgan fingerprint density at radius 1 is 1.20 bits per heavy atom. The molecule has 1 amide bonds. The monoisotopic (exact) mass is 577 g/mol. The number of carbonyl (C=O) groups is 3. The molecular weight excluding hydrogens is 550 g/mol. The Kier molecular flexibility index (Phi) is 8.93. The number of amides is 1. The number of unbranched alkanes of at least 4 members (excludes halogenated alkanes) is 1. The van der Waals surface area contributed by atoms with Crippen molar-refractivity contribution in [3.8, 4) is 5.75 Å². The number of rotatable bonds is 11. The number of thiazole rings is 1. The first kappa shape index (κ1) is 29.2. The molecule has 212 valence electrons. The molecule has 1 unspecified atom stereocenters. The SMILES string of the molecule is C=CCOC(=O)c1sc(N2C(=O)C(=O)/C(=C(\O)c3ccc(OCCCC)cc3)C2c2ccc([N+](=O)[O-])cc2)nc1C. The smallest absolute Gasteiger partial charge is 0.350 e. The maximum atomic E-state index is 13.4. The molecule has 11 nitrogen and oxygen atoms in total. The van der Waals surface area contributed by atoms with Gasteiger partial charge in [0.25, 0.3) is 11.5 Å². The highest BCUT2D eigenvalue weighted by Crippen LogP contribution is 2.44. The first-order valence-corrected chi connectivity index (χ1v) is 13.5. The van der Waals surface area contributed by atoms with Gasteiger partial charge in [0, 0.05) is 17.7 Å². The lowest BCUT2D eigenvalue weighted by Crippen LogP contribution is -2.29. The minimum absolute atomic E-state index is 0.0252. The van der Waals surface area contributed by atoms with Crippen LogP contribution in [0, 0.1) is 17.0 Å². The maximum Gasteiger partial charge on any atom is 0.350 e. The van der Waals surface area contributed by atoms with Crippen LogP contribution in [0.25, 0.3) is 5.76 Å². The molecule has 1 fully saturated rings. The number of aliphatic hydroxyl groups excluding tert-OH is 1. The Morgan fingerprint density at radius 2 is 1.88 bits per heavy atom. The molecule has 1 saturated heterocycles. The first-order chi connectivity index (χ1) is 19.7. The molecule has 4 rings (SSSR count). The van der Waals surface area contributed by atoms with E-state index >= 15 is 0 Å². The van der Waals surface area contributed by atoms with E-state index in [0.717, 1.165) is 29.1 Å². The molecule has 0 radical (unpaired) electrons. The van der Waals surface area contributed by atoms with Crippen molar-refractivity contribution in [3.63, 3.8) is 0 Å². The van der Waals surface area contributed by atoms with E-state index in [9.17, 15) is 29.6 Å². The summed E-state index contributed by atoms with van der Waals surface area (Å²) in [6, 6.07) is 10.5. The van der Waals surface area contributed by atoms with Gasteiger partial charge in [-0.2, -0.15) is 0 Å². The molecule has 3 aromatic rings. The van der Waals surface area contributed by atoms with Crippen molar-refractivity contribution in [1.82, 2.24) is 4.98 Å². The summed E-state index contributed by atoms with van der Waals surface area (Å²) in [6.07, 6.45) is 3.26. The zero-order valence-corrected chi connectivity index (χ0v) is 23.2. The number of benzene rings is 2. The Morgan fingerprint density at radius 3 is 2.49 bits per heavy atom. The minimum atomic E-state index is -1.18. The molecule has 2 heterocycles. The van der Waals surface area contributed by atoms with E-state index in [-0.39, 0.29) is 39.1 Å². The Labute approximate surface area is 239 Å². The summed E-state index contributed by atoms with van der Waals surface area (Å²) in [7, 11) is 0. The van der Waals surface area contributed by atoms with E-state index in [1.54, 1.807) is 31.2 Å². The highest BCUT2D eigenvalue weighted by atomic mass is 32.1. The van der Waals surface area contributed by atoms with Crippen molar-refractivity contribution in [2.75, 3.05) is 18.1 Å². The van der Waals surface area contributed by atoms with E-state index in [4.69, 9.17) is 9.47 Å². The molecule has 1 aliphatic rings. The fourth-order valence-electron chi connectivity index (χ4n) is 4.20. The second-order valence-electron chi connectivity index (χ2n) is 9.04. The number of ketones is 1. The summed E-state index contributed by atoms with van der Waals surface area (Å²) >= 11 is 0.852. The number of hydrogen-bond donors (Lipinski definition) is 1. The number of nitrogens with zero attached hydrogens (tertiary/aromatic N) is 3. The summed E-state index contributed by atoms with van der Waals surface area (Å²) in [6.45, 7) is 7.62. The fourth-order valence-corrected chi connectivity index (χ4v) is 5.18. The van der Waals surface area contributed by atoms with E-state index < -0.39 is 34.4 Å². The van der Waals surface area contributed by atoms with Gasteiger partial charge in [-0.3, -0.25) is 24.6 Å². The zero-order chi connectivity index (χ0) is 29.7. The van der Waals surface area contributed by atoms with Crippen molar-refractivity contribution >= 4 is 45.6 Å². The van der Waals surface area contributed by atoms with Gasteiger partial charge in [-0.05, 0) is 55.3 Å². The number of anilines is 1. The van der Waals surface area contributed by atoms with Gasteiger partial charge < -0.3 is 14.6 Å². The summed E-state index contributed by atoms with van der Waals surface area (Å²) in [5.41, 5.74) is 0.442. The van der Waals surface area contributed by atoms with Crippen LogP contribution >= 0.6 is 11.3 Å². The number of Topliss-reactive ketones (excluding diaryl/α,β-unsaturated/α-hetero) is 1. The molecule has 0 aliphatic carbocycles. The number of nitro groups is 1. The van der Waals surface area contributed by atoms with E-state index in [2.05, 4.69) is 11.6 Å². The average molecular weight is 578 g/mol. The second kappa shape index (κ2) is 12.6. The van der Waals surface area contributed by atoms with Crippen LogP contribution in [0.4, 0.5) is 10.8 Å². The van der Waals surface area contributed by atoms with Gasteiger partial charge >= 0.3 is 11.9 Å². The van der Waals surface area contributed by atoms with E-state index in [1.807, 2.05) is 6.92 Å². The second-order valence-corrected chi connectivity index (χ2v) is 10.0. The number of aryl methyl sites for hydroxylation is 1.